The Hall–Kier alpha value is -2.42. The van der Waals surface area contributed by atoms with E-state index in [9.17, 15) is 4.79 Å². The number of Topliss-reactive ketones (excluding diaryl/α,β-unsaturated/α-hetero) is 1. The van der Waals surface area contributed by atoms with Crippen molar-refractivity contribution in [2.45, 2.75) is 19.9 Å². The molecule has 0 amide bonds. The van der Waals surface area contributed by atoms with Crippen LogP contribution in [0, 0.1) is 0 Å². The summed E-state index contributed by atoms with van der Waals surface area (Å²) in [5.41, 5.74) is 2.67. The first-order valence-electron chi connectivity index (χ1n) is 6.80. The van der Waals surface area contributed by atoms with Gasteiger partial charge in [0.2, 0.25) is 0 Å². The first-order valence-corrected chi connectivity index (χ1v) is 6.80. The van der Waals surface area contributed by atoms with Gasteiger partial charge in [0, 0.05) is 35.7 Å². The van der Waals surface area contributed by atoms with Gasteiger partial charge < -0.3 is 4.57 Å². The fourth-order valence-corrected chi connectivity index (χ4v) is 2.40. The fraction of sp³-hybridized carbons (Fsp3) is 0.176. The summed E-state index contributed by atoms with van der Waals surface area (Å²) in [6, 6.07) is 13.6. The van der Waals surface area contributed by atoms with Gasteiger partial charge in [-0.1, -0.05) is 18.2 Å². The zero-order chi connectivity index (χ0) is 13.9. The van der Waals surface area contributed by atoms with Crippen LogP contribution in [-0.4, -0.2) is 15.3 Å². The summed E-state index contributed by atoms with van der Waals surface area (Å²) in [6.07, 6.45) is 4.12. The minimum atomic E-state index is 0.106. The standard InChI is InChI=1S/C17H16N2O/c1-2-19-10-8-13-6-7-14(11-16(13)19)17(20)12-15-5-3-4-9-18-15/h3-11H,2,12H2,1H3. The molecule has 0 atom stereocenters. The lowest BCUT2D eigenvalue weighted by atomic mass is 10.0. The van der Waals surface area contributed by atoms with Gasteiger partial charge in [0.25, 0.3) is 0 Å². The maximum Gasteiger partial charge on any atom is 0.168 e. The smallest absolute Gasteiger partial charge is 0.168 e. The lowest BCUT2D eigenvalue weighted by Crippen LogP contribution is -2.05. The summed E-state index contributed by atoms with van der Waals surface area (Å²) in [7, 11) is 0. The molecule has 3 aromatic rings. The van der Waals surface area contributed by atoms with Crippen molar-refractivity contribution in [1.82, 2.24) is 9.55 Å². The highest BCUT2D eigenvalue weighted by atomic mass is 16.1. The zero-order valence-electron chi connectivity index (χ0n) is 11.4. The van der Waals surface area contributed by atoms with Crippen molar-refractivity contribution >= 4 is 16.7 Å². The number of aryl methyl sites for hydroxylation is 1. The Morgan fingerprint density at radius 2 is 2.10 bits per heavy atom. The van der Waals surface area contributed by atoms with Crippen molar-refractivity contribution in [3.05, 3.63) is 66.1 Å². The van der Waals surface area contributed by atoms with Gasteiger partial charge in [0.05, 0.1) is 6.42 Å². The van der Waals surface area contributed by atoms with Crippen LogP contribution in [0.3, 0.4) is 0 Å². The quantitative estimate of drug-likeness (QED) is 0.676. The second-order valence-corrected chi connectivity index (χ2v) is 4.80. The molecule has 0 aliphatic heterocycles. The number of hydrogen-bond donors (Lipinski definition) is 0. The van der Waals surface area contributed by atoms with Crippen molar-refractivity contribution in [1.29, 1.82) is 0 Å². The SMILES string of the molecule is CCn1ccc2ccc(C(=O)Cc3ccccn3)cc21. The van der Waals surface area contributed by atoms with Crippen molar-refractivity contribution in [3.8, 4) is 0 Å². The molecule has 3 nitrogen and oxygen atoms in total. The molecular formula is C17H16N2O. The predicted molar refractivity (Wildman–Crippen MR) is 79.9 cm³/mol. The number of fused-ring (bicyclic) bond motifs is 1. The Labute approximate surface area is 117 Å². The summed E-state index contributed by atoms with van der Waals surface area (Å²) in [6.45, 7) is 3.00. The Kier molecular flexibility index (Phi) is 3.33. The van der Waals surface area contributed by atoms with E-state index in [4.69, 9.17) is 0 Å². The van der Waals surface area contributed by atoms with Crippen LogP contribution in [-0.2, 0) is 13.0 Å². The Bertz CT molecular complexity index is 744. The Balaban J connectivity index is 1.91. The molecule has 0 unspecified atom stereocenters. The Morgan fingerprint density at radius 3 is 2.85 bits per heavy atom. The van der Waals surface area contributed by atoms with Crippen molar-refractivity contribution in [2.75, 3.05) is 0 Å². The van der Waals surface area contributed by atoms with E-state index in [1.165, 1.54) is 5.39 Å². The van der Waals surface area contributed by atoms with E-state index in [0.29, 0.717) is 6.42 Å². The first-order chi connectivity index (χ1) is 9.78. The molecule has 0 fully saturated rings. The number of pyridine rings is 1. The highest BCUT2D eigenvalue weighted by Gasteiger charge is 2.09. The third-order valence-electron chi connectivity index (χ3n) is 3.50. The van der Waals surface area contributed by atoms with Crippen molar-refractivity contribution in [3.63, 3.8) is 0 Å². The average Bonchev–Trinajstić information content (AvgIpc) is 2.90. The van der Waals surface area contributed by atoms with Crippen LogP contribution >= 0.6 is 0 Å². The lowest BCUT2D eigenvalue weighted by Gasteiger charge is -2.04. The van der Waals surface area contributed by atoms with E-state index in [2.05, 4.69) is 28.7 Å². The van der Waals surface area contributed by atoms with Crippen LogP contribution in [0.4, 0.5) is 0 Å². The molecule has 2 heterocycles. The van der Waals surface area contributed by atoms with Crippen LogP contribution in [0.15, 0.2) is 54.9 Å². The number of ketones is 1. The van der Waals surface area contributed by atoms with Crippen LogP contribution in [0.2, 0.25) is 0 Å². The van der Waals surface area contributed by atoms with Crippen molar-refractivity contribution < 1.29 is 4.79 Å². The van der Waals surface area contributed by atoms with Gasteiger partial charge in [-0.05, 0) is 36.6 Å². The third kappa shape index (κ3) is 2.35. The maximum atomic E-state index is 12.3. The molecule has 0 N–H and O–H groups in total. The molecule has 100 valence electrons. The molecule has 0 radical (unpaired) electrons. The van der Waals surface area contributed by atoms with Crippen LogP contribution in [0.5, 0.6) is 0 Å². The molecule has 0 saturated carbocycles. The molecule has 0 aliphatic carbocycles. The monoisotopic (exact) mass is 264 g/mol. The number of hydrogen-bond acceptors (Lipinski definition) is 2. The van der Waals surface area contributed by atoms with E-state index in [1.54, 1.807) is 6.20 Å². The molecule has 20 heavy (non-hydrogen) atoms. The van der Waals surface area contributed by atoms with E-state index >= 15 is 0 Å². The van der Waals surface area contributed by atoms with Gasteiger partial charge in [0.1, 0.15) is 0 Å². The summed E-state index contributed by atoms with van der Waals surface area (Å²) in [4.78, 5) is 16.5. The highest BCUT2D eigenvalue weighted by Crippen LogP contribution is 2.18. The first kappa shape index (κ1) is 12.6. The van der Waals surface area contributed by atoms with E-state index in [-0.39, 0.29) is 5.78 Å². The maximum absolute atomic E-state index is 12.3. The third-order valence-corrected chi connectivity index (χ3v) is 3.50. The number of carbonyl (C=O) groups excluding carboxylic acids is 1. The highest BCUT2D eigenvalue weighted by molar-refractivity contribution is 6.00. The summed E-state index contributed by atoms with van der Waals surface area (Å²) >= 11 is 0. The topological polar surface area (TPSA) is 34.9 Å². The minimum Gasteiger partial charge on any atom is -0.348 e. The second-order valence-electron chi connectivity index (χ2n) is 4.80. The number of benzene rings is 1. The molecule has 2 aromatic heterocycles. The van der Waals surface area contributed by atoms with Crippen LogP contribution < -0.4 is 0 Å². The van der Waals surface area contributed by atoms with Gasteiger partial charge in [-0.2, -0.15) is 0 Å². The van der Waals surface area contributed by atoms with E-state index in [1.807, 2.05) is 36.4 Å². The van der Waals surface area contributed by atoms with E-state index in [0.717, 1.165) is 23.3 Å². The van der Waals surface area contributed by atoms with Crippen LogP contribution in [0.25, 0.3) is 10.9 Å². The largest absolute Gasteiger partial charge is 0.348 e. The number of aromatic nitrogens is 2. The molecule has 1 aromatic carbocycles. The minimum absolute atomic E-state index is 0.106. The summed E-state index contributed by atoms with van der Waals surface area (Å²) in [5, 5.41) is 1.17. The zero-order valence-corrected chi connectivity index (χ0v) is 11.4. The average molecular weight is 264 g/mol. The second kappa shape index (κ2) is 5.29. The van der Waals surface area contributed by atoms with E-state index < -0.39 is 0 Å². The van der Waals surface area contributed by atoms with Gasteiger partial charge in [-0.25, -0.2) is 0 Å². The molecule has 0 spiro atoms. The molecule has 0 bridgehead atoms. The van der Waals surface area contributed by atoms with Gasteiger partial charge in [-0.15, -0.1) is 0 Å². The van der Waals surface area contributed by atoms with Gasteiger partial charge >= 0.3 is 0 Å². The lowest BCUT2D eigenvalue weighted by molar-refractivity contribution is 0.0992. The molecule has 3 rings (SSSR count). The predicted octanol–water partition coefficient (Wildman–Crippen LogP) is 3.48. The molecular weight excluding hydrogens is 248 g/mol. The Morgan fingerprint density at radius 1 is 1.20 bits per heavy atom. The normalized spacial score (nSPS) is 10.8. The van der Waals surface area contributed by atoms with Gasteiger partial charge in [-0.3, -0.25) is 9.78 Å². The number of rotatable bonds is 4. The molecule has 3 heteroatoms. The van der Waals surface area contributed by atoms with Gasteiger partial charge in [0.15, 0.2) is 5.78 Å². The van der Waals surface area contributed by atoms with Crippen molar-refractivity contribution in [2.24, 2.45) is 0 Å². The fourth-order valence-electron chi connectivity index (χ4n) is 2.40. The summed E-state index contributed by atoms with van der Waals surface area (Å²) in [5.74, 6) is 0.106. The molecule has 0 saturated heterocycles. The molecule has 0 aliphatic rings. The number of nitrogens with zero attached hydrogens (tertiary/aromatic N) is 2. The number of carbonyl (C=O) groups is 1. The van der Waals surface area contributed by atoms with Crippen LogP contribution in [0.1, 0.15) is 23.0 Å². The summed E-state index contributed by atoms with van der Waals surface area (Å²) < 4.78 is 2.15.